The van der Waals surface area contributed by atoms with Gasteiger partial charge in [0.2, 0.25) is 5.69 Å². The van der Waals surface area contributed by atoms with Crippen LogP contribution in [0.25, 0.3) is 15.7 Å². The predicted molar refractivity (Wildman–Crippen MR) is 115 cm³/mol. The second-order valence-electron chi connectivity index (χ2n) is 6.94. The predicted octanol–water partition coefficient (Wildman–Crippen LogP) is 5.29. The van der Waals surface area contributed by atoms with E-state index in [9.17, 15) is 0 Å². The van der Waals surface area contributed by atoms with Crippen LogP contribution < -0.4 is 15.2 Å². The zero-order chi connectivity index (χ0) is 20.2. The molecule has 2 heterocycles. The standard InChI is InChI=1S/C22H21ClN4O2/c1-25-20-13-16-19(14-22(20)28-11-10-27-8-2-3-9-27)26-7-6-21(16)29-15-4-5-17(23)18(24)12-15/h4-7,12-14H,2-3,8-11,24H2. The number of fused-ring (bicyclic) bond motifs is 1. The Morgan fingerprint density at radius 3 is 2.72 bits per heavy atom. The van der Waals surface area contributed by atoms with E-state index < -0.39 is 0 Å². The van der Waals surface area contributed by atoms with Gasteiger partial charge in [-0.05, 0) is 56.3 Å². The highest BCUT2D eigenvalue weighted by molar-refractivity contribution is 6.33. The molecule has 0 bridgehead atoms. The van der Waals surface area contributed by atoms with Gasteiger partial charge in [-0.15, -0.1) is 0 Å². The lowest BCUT2D eigenvalue weighted by atomic mass is 10.1. The number of ether oxygens (including phenoxy) is 2. The molecule has 0 spiro atoms. The molecule has 1 aliphatic rings. The lowest BCUT2D eigenvalue weighted by Crippen LogP contribution is -2.25. The third-order valence-corrected chi connectivity index (χ3v) is 5.31. The van der Waals surface area contributed by atoms with Crippen LogP contribution in [0.4, 0.5) is 11.4 Å². The van der Waals surface area contributed by atoms with Crippen molar-refractivity contribution < 1.29 is 9.47 Å². The van der Waals surface area contributed by atoms with Crippen molar-refractivity contribution in [3.8, 4) is 17.2 Å². The van der Waals surface area contributed by atoms with Crippen LogP contribution in [0.5, 0.6) is 17.2 Å². The minimum absolute atomic E-state index is 0.437. The highest BCUT2D eigenvalue weighted by Crippen LogP contribution is 2.38. The van der Waals surface area contributed by atoms with E-state index in [0.717, 1.165) is 25.0 Å². The molecular formula is C22H21ClN4O2. The number of nitrogens with zero attached hydrogens (tertiary/aromatic N) is 3. The lowest BCUT2D eigenvalue weighted by molar-refractivity contribution is 0.239. The summed E-state index contributed by atoms with van der Waals surface area (Å²) in [5.41, 5.74) is 7.44. The van der Waals surface area contributed by atoms with Crippen LogP contribution in [0.2, 0.25) is 5.02 Å². The Kier molecular flexibility index (Phi) is 5.70. The van der Waals surface area contributed by atoms with Gasteiger partial charge in [-0.3, -0.25) is 9.88 Å². The molecule has 4 rings (SSSR count). The molecule has 0 aliphatic carbocycles. The van der Waals surface area contributed by atoms with Gasteiger partial charge in [-0.25, -0.2) is 4.85 Å². The second kappa shape index (κ2) is 8.56. The number of hydrogen-bond acceptors (Lipinski definition) is 5. The maximum Gasteiger partial charge on any atom is 0.229 e. The summed E-state index contributed by atoms with van der Waals surface area (Å²) in [6.07, 6.45) is 4.16. The lowest BCUT2D eigenvalue weighted by Gasteiger charge is -2.16. The Hall–Kier alpha value is -3.01. The molecule has 0 amide bonds. The van der Waals surface area contributed by atoms with Crippen molar-refractivity contribution in [3.63, 3.8) is 0 Å². The van der Waals surface area contributed by atoms with Gasteiger partial charge in [0, 0.05) is 24.2 Å². The molecular weight excluding hydrogens is 388 g/mol. The zero-order valence-corrected chi connectivity index (χ0v) is 16.7. The molecule has 1 fully saturated rings. The Morgan fingerprint density at radius 2 is 1.97 bits per heavy atom. The summed E-state index contributed by atoms with van der Waals surface area (Å²) >= 11 is 5.98. The van der Waals surface area contributed by atoms with Crippen molar-refractivity contribution in [2.75, 3.05) is 32.0 Å². The van der Waals surface area contributed by atoms with Gasteiger partial charge in [0.05, 0.1) is 29.4 Å². The fraction of sp³-hybridized carbons (Fsp3) is 0.273. The minimum Gasteiger partial charge on any atom is -0.503 e. The molecule has 1 saturated heterocycles. The molecule has 148 valence electrons. The van der Waals surface area contributed by atoms with Gasteiger partial charge in [0.25, 0.3) is 0 Å². The molecule has 1 aromatic heterocycles. The largest absolute Gasteiger partial charge is 0.503 e. The van der Waals surface area contributed by atoms with Gasteiger partial charge in [-0.1, -0.05) is 11.6 Å². The number of pyridine rings is 1. The van der Waals surface area contributed by atoms with E-state index in [4.69, 9.17) is 33.4 Å². The van der Waals surface area contributed by atoms with Gasteiger partial charge in [-0.2, -0.15) is 0 Å². The highest BCUT2D eigenvalue weighted by Gasteiger charge is 2.14. The smallest absolute Gasteiger partial charge is 0.229 e. The van der Waals surface area contributed by atoms with E-state index in [-0.39, 0.29) is 0 Å². The molecule has 0 unspecified atom stereocenters. The van der Waals surface area contributed by atoms with Crippen LogP contribution in [0.15, 0.2) is 42.6 Å². The van der Waals surface area contributed by atoms with Crippen LogP contribution >= 0.6 is 11.6 Å². The number of nitrogens with two attached hydrogens (primary N) is 1. The average Bonchev–Trinajstić information content (AvgIpc) is 3.24. The fourth-order valence-corrected chi connectivity index (χ4v) is 3.55. The number of likely N-dealkylation sites (tertiary alicyclic amines) is 1. The third-order valence-electron chi connectivity index (χ3n) is 4.96. The zero-order valence-electron chi connectivity index (χ0n) is 15.9. The summed E-state index contributed by atoms with van der Waals surface area (Å²) in [6.45, 7) is 11.2. The number of benzene rings is 2. The minimum atomic E-state index is 0.437. The Morgan fingerprint density at radius 1 is 1.14 bits per heavy atom. The molecule has 0 atom stereocenters. The summed E-state index contributed by atoms with van der Waals surface area (Å²) in [4.78, 5) is 10.4. The molecule has 2 aromatic carbocycles. The van der Waals surface area contributed by atoms with Crippen molar-refractivity contribution in [1.82, 2.24) is 9.88 Å². The van der Waals surface area contributed by atoms with E-state index in [1.807, 2.05) is 0 Å². The summed E-state index contributed by atoms with van der Waals surface area (Å²) in [6, 6.07) is 10.4. The second-order valence-corrected chi connectivity index (χ2v) is 7.35. The molecule has 3 aromatic rings. The maximum atomic E-state index is 7.55. The van der Waals surface area contributed by atoms with Crippen molar-refractivity contribution >= 4 is 33.9 Å². The van der Waals surface area contributed by atoms with Crippen LogP contribution in [0, 0.1) is 6.57 Å². The first-order valence-corrected chi connectivity index (χ1v) is 9.90. The van der Waals surface area contributed by atoms with Gasteiger partial charge in [0.15, 0.2) is 0 Å². The Bertz CT molecular complexity index is 1070. The normalized spacial score (nSPS) is 14.1. The first-order chi connectivity index (χ1) is 14.1. The van der Waals surface area contributed by atoms with Crippen LogP contribution in [-0.2, 0) is 0 Å². The number of aromatic nitrogens is 1. The topological polar surface area (TPSA) is 65.0 Å². The van der Waals surface area contributed by atoms with Crippen molar-refractivity contribution in [3.05, 3.63) is 59.0 Å². The van der Waals surface area contributed by atoms with E-state index >= 15 is 0 Å². The molecule has 2 N–H and O–H groups in total. The van der Waals surface area contributed by atoms with Gasteiger partial charge in [0.1, 0.15) is 17.2 Å². The van der Waals surface area contributed by atoms with E-state index in [0.29, 0.717) is 45.8 Å². The molecule has 0 saturated carbocycles. The number of nitrogen functional groups attached to an aromatic ring is 1. The van der Waals surface area contributed by atoms with E-state index in [2.05, 4.69) is 14.7 Å². The van der Waals surface area contributed by atoms with Crippen molar-refractivity contribution in [1.29, 1.82) is 0 Å². The van der Waals surface area contributed by atoms with Crippen molar-refractivity contribution in [2.24, 2.45) is 0 Å². The van der Waals surface area contributed by atoms with Crippen molar-refractivity contribution in [2.45, 2.75) is 12.8 Å². The summed E-state index contributed by atoms with van der Waals surface area (Å²) in [7, 11) is 0. The summed E-state index contributed by atoms with van der Waals surface area (Å²) < 4.78 is 11.9. The number of hydrogen-bond donors (Lipinski definition) is 1. The van der Waals surface area contributed by atoms with E-state index in [1.54, 1.807) is 42.6 Å². The first kappa shape index (κ1) is 19.3. The summed E-state index contributed by atoms with van der Waals surface area (Å²) in [5, 5.41) is 1.21. The quantitative estimate of drug-likeness (QED) is 0.443. The van der Waals surface area contributed by atoms with Crippen LogP contribution in [0.1, 0.15) is 12.8 Å². The third kappa shape index (κ3) is 4.37. The molecule has 0 radical (unpaired) electrons. The van der Waals surface area contributed by atoms with Crippen LogP contribution in [0.3, 0.4) is 0 Å². The van der Waals surface area contributed by atoms with Crippen LogP contribution in [-0.4, -0.2) is 36.1 Å². The van der Waals surface area contributed by atoms with E-state index in [1.165, 1.54) is 12.8 Å². The number of anilines is 1. The fourth-order valence-electron chi connectivity index (χ4n) is 3.43. The van der Waals surface area contributed by atoms with Gasteiger partial charge < -0.3 is 15.2 Å². The monoisotopic (exact) mass is 408 g/mol. The van der Waals surface area contributed by atoms with Gasteiger partial charge >= 0.3 is 0 Å². The molecule has 29 heavy (non-hydrogen) atoms. The Balaban J connectivity index is 1.58. The molecule has 1 aliphatic heterocycles. The molecule has 7 heteroatoms. The average molecular weight is 409 g/mol. The Labute approximate surface area is 174 Å². The highest BCUT2D eigenvalue weighted by atomic mass is 35.5. The maximum absolute atomic E-state index is 7.55. The first-order valence-electron chi connectivity index (χ1n) is 9.52. The molecule has 6 nitrogen and oxygen atoms in total. The number of halogens is 1. The summed E-state index contributed by atoms with van der Waals surface area (Å²) in [5.74, 6) is 1.70. The SMILES string of the molecule is [C-]#[N+]c1cc2c(Oc3ccc(Cl)c(N)c3)ccnc2cc1OCCN1CCCC1. The number of rotatable bonds is 6.